The minimum atomic E-state index is -0.235. The van der Waals surface area contributed by atoms with Crippen molar-refractivity contribution in [2.24, 2.45) is 0 Å². The number of carbonyl (C=O) groups is 1. The van der Waals surface area contributed by atoms with Crippen LogP contribution >= 0.6 is 22.9 Å². The first-order valence-electron chi connectivity index (χ1n) is 10.0. The number of ether oxygens (including phenoxy) is 1. The van der Waals surface area contributed by atoms with Crippen LogP contribution < -0.4 is 15.6 Å². The number of halogens is 1. The average Bonchev–Trinajstić information content (AvgIpc) is 3.21. The van der Waals surface area contributed by atoms with Gasteiger partial charge in [0.2, 0.25) is 5.91 Å². The van der Waals surface area contributed by atoms with Crippen LogP contribution in [0.3, 0.4) is 0 Å². The normalized spacial score (nSPS) is 11.0. The molecular formula is C24H22ClN3O3S. The maximum atomic E-state index is 13.2. The molecule has 1 N–H and O–H groups in total. The van der Waals surface area contributed by atoms with Crippen LogP contribution in [0.2, 0.25) is 5.02 Å². The Morgan fingerprint density at radius 1 is 1.22 bits per heavy atom. The summed E-state index contributed by atoms with van der Waals surface area (Å²) in [5.41, 5.74) is 4.21. The molecule has 6 nitrogen and oxygen atoms in total. The number of thiophene rings is 1. The van der Waals surface area contributed by atoms with Crippen LogP contribution in [0.4, 0.5) is 5.69 Å². The second-order valence-corrected chi connectivity index (χ2v) is 8.80. The molecule has 0 unspecified atom stereocenters. The van der Waals surface area contributed by atoms with Crippen molar-refractivity contribution in [1.82, 2.24) is 9.55 Å². The van der Waals surface area contributed by atoms with Crippen LogP contribution in [0, 0.1) is 13.8 Å². The van der Waals surface area contributed by atoms with E-state index in [0.717, 1.165) is 22.3 Å². The highest BCUT2D eigenvalue weighted by Crippen LogP contribution is 2.32. The second-order valence-electron chi connectivity index (χ2n) is 7.54. The van der Waals surface area contributed by atoms with E-state index in [4.69, 9.17) is 16.3 Å². The molecule has 32 heavy (non-hydrogen) atoms. The molecule has 2 heterocycles. The number of aromatic nitrogens is 2. The van der Waals surface area contributed by atoms with E-state index in [2.05, 4.69) is 10.3 Å². The monoisotopic (exact) mass is 467 g/mol. The molecule has 0 saturated carbocycles. The van der Waals surface area contributed by atoms with E-state index >= 15 is 0 Å². The third-order valence-corrected chi connectivity index (χ3v) is 6.55. The van der Waals surface area contributed by atoms with E-state index in [1.54, 1.807) is 12.1 Å². The van der Waals surface area contributed by atoms with E-state index in [1.165, 1.54) is 29.3 Å². The number of nitrogens with zero attached hydrogens (tertiary/aromatic N) is 2. The minimum Gasteiger partial charge on any atom is -0.495 e. The summed E-state index contributed by atoms with van der Waals surface area (Å²) in [6.07, 6.45) is 1.61. The predicted octanol–water partition coefficient (Wildman–Crippen LogP) is 5.43. The van der Waals surface area contributed by atoms with Gasteiger partial charge in [0.1, 0.15) is 10.6 Å². The molecule has 0 bridgehead atoms. The number of hydrogen-bond acceptors (Lipinski definition) is 5. The maximum Gasteiger partial charge on any atom is 0.262 e. The highest BCUT2D eigenvalue weighted by atomic mass is 35.5. The number of nitrogens with one attached hydrogen (secondary N) is 1. The third-order valence-electron chi connectivity index (χ3n) is 5.26. The SMILES string of the molecule is COc1cc(Cl)c(C)cc1NC(=O)CCn1cnc2scc(-c3ccc(C)cc3)c2c1=O. The number of aryl methyl sites for hydroxylation is 3. The number of benzene rings is 2. The van der Waals surface area contributed by atoms with E-state index in [9.17, 15) is 9.59 Å². The molecule has 2 aromatic carbocycles. The van der Waals surface area contributed by atoms with Crippen molar-refractivity contribution >= 4 is 44.7 Å². The lowest BCUT2D eigenvalue weighted by molar-refractivity contribution is -0.116. The summed E-state index contributed by atoms with van der Waals surface area (Å²) in [5.74, 6) is 0.247. The predicted molar refractivity (Wildman–Crippen MR) is 130 cm³/mol. The molecule has 0 fully saturated rings. The van der Waals surface area contributed by atoms with Crippen molar-refractivity contribution in [3.05, 3.63) is 74.6 Å². The van der Waals surface area contributed by atoms with E-state index in [-0.39, 0.29) is 24.4 Å². The molecule has 2 aromatic heterocycles. The summed E-state index contributed by atoms with van der Waals surface area (Å²) < 4.78 is 6.79. The number of methoxy groups -OCH3 is 1. The van der Waals surface area contributed by atoms with Gasteiger partial charge in [-0.15, -0.1) is 11.3 Å². The Labute approximate surface area is 194 Å². The molecule has 0 saturated heterocycles. The standard InChI is InChI=1S/C24H22ClN3O3S/c1-14-4-6-16(7-5-14)17-12-32-23-22(17)24(30)28(13-26-23)9-8-21(29)27-19-10-15(2)18(25)11-20(19)31-3/h4-7,10-13H,8-9H2,1-3H3,(H,27,29). The molecule has 4 aromatic rings. The number of rotatable bonds is 6. The molecule has 0 aliphatic carbocycles. The fourth-order valence-electron chi connectivity index (χ4n) is 3.44. The lowest BCUT2D eigenvalue weighted by Crippen LogP contribution is -2.23. The largest absolute Gasteiger partial charge is 0.495 e. The fourth-order valence-corrected chi connectivity index (χ4v) is 4.50. The van der Waals surface area contributed by atoms with Gasteiger partial charge in [0.25, 0.3) is 5.56 Å². The van der Waals surface area contributed by atoms with Gasteiger partial charge in [-0.1, -0.05) is 41.4 Å². The minimum absolute atomic E-state index is 0.113. The Morgan fingerprint density at radius 3 is 2.69 bits per heavy atom. The zero-order valence-corrected chi connectivity index (χ0v) is 19.5. The fraction of sp³-hybridized carbons (Fsp3) is 0.208. The summed E-state index contributed by atoms with van der Waals surface area (Å²) in [5, 5.41) is 5.93. The van der Waals surface area contributed by atoms with E-state index < -0.39 is 0 Å². The highest BCUT2D eigenvalue weighted by Gasteiger charge is 2.15. The topological polar surface area (TPSA) is 73.2 Å². The molecule has 8 heteroatoms. The molecule has 0 aliphatic rings. The number of anilines is 1. The molecule has 0 aliphatic heterocycles. The van der Waals surface area contributed by atoms with Gasteiger partial charge in [-0.05, 0) is 31.0 Å². The molecule has 164 valence electrons. The smallest absolute Gasteiger partial charge is 0.262 e. The van der Waals surface area contributed by atoms with Gasteiger partial charge in [-0.3, -0.25) is 14.2 Å². The molecule has 0 spiro atoms. The molecular weight excluding hydrogens is 446 g/mol. The van der Waals surface area contributed by atoms with E-state index in [1.807, 2.05) is 43.5 Å². The molecule has 0 radical (unpaired) electrons. The zero-order valence-electron chi connectivity index (χ0n) is 17.9. The second kappa shape index (κ2) is 9.14. The summed E-state index contributed by atoms with van der Waals surface area (Å²) in [7, 11) is 1.52. The van der Waals surface area contributed by atoms with Gasteiger partial charge in [0.15, 0.2) is 0 Å². The number of carbonyl (C=O) groups excluding carboxylic acids is 1. The molecule has 4 rings (SSSR count). The summed E-state index contributed by atoms with van der Waals surface area (Å²) in [6, 6.07) is 11.5. The van der Waals surface area contributed by atoms with Gasteiger partial charge in [-0.2, -0.15) is 0 Å². The lowest BCUT2D eigenvalue weighted by atomic mass is 10.1. The Bertz CT molecular complexity index is 1360. The van der Waals surface area contributed by atoms with Crippen LogP contribution in [-0.2, 0) is 11.3 Å². The summed E-state index contributed by atoms with van der Waals surface area (Å²) in [6.45, 7) is 4.09. The number of amides is 1. The first-order chi connectivity index (χ1) is 15.4. The molecule has 1 amide bonds. The summed E-state index contributed by atoms with van der Waals surface area (Å²) in [4.78, 5) is 30.8. The Hall–Kier alpha value is -3.16. The third kappa shape index (κ3) is 4.40. The quantitative estimate of drug-likeness (QED) is 0.410. The van der Waals surface area contributed by atoms with Gasteiger partial charge < -0.3 is 10.1 Å². The summed E-state index contributed by atoms with van der Waals surface area (Å²) >= 11 is 7.57. The first-order valence-corrected chi connectivity index (χ1v) is 11.3. The Kier molecular flexibility index (Phi) is 6.30. The van der Waals surface area contributed by atoms with Gasteiger partial charge >= 0.3 is 0 Å². The van der Waals surface area contributed by atoms with Crippen molar-refractivity contribution in [1.29, 1.82) is 0 Å². The van der Waals surface area contributed by atoms with Crippen LogP contribution in [-0.4, -0.2) is 22.6 Å². The Morgan fingerprint density at radius 2 is 1.97 bits per heavy atom. The van der Waals surface area contributed by atoms with Crippen molar-refractivity contribution in [2.45, 2.75) is 26.8 Å². The van der Waals surface area contributed by atoms with Crippen LogP contribution in [0.1, 0.15) is 17.5 Å². The number of fused-ring (bicyclic) bond motifs is 1. The van der Waals surface area contributed by atoms with E-state index in [0.29, 0.717) is 26.7 Å². The van der Waals surface area contributed by atoms with Crippen LogP contribution in [0.15, 0.2) is 52.9 Å². The highest BCUT2D eigenvalue weighted by molar-refractivity contribution is 7.17. The van der Waals surface area contributed by atoms with Crippen molar-refractivity contribution in [3.8, 4) is 16.9 Å². The van der Waals surface area contributed by atoms with Gasteiger partial charge in [-0.25, -0.2) is 4.98 Å². The van der Waals surface area contributed by atoms with Crippen molar-refractivity contribution < 1.29 is 9.53 Å². The maximum absolute atomic E-state index is 13.2. The lowest BCUT2D eigenvalue weighted by Gasteiger charge is -2.12. The first kappa shape index (κ1) is 22.0. The van der Waals surface area contributed by atoms with Crippen LogP contribution in [0.5, 0.6) is 5.75 Å². The van der Waals surface area contributed by atoms with Gasteiger partial charge in [0, 0.05) is 35.0 Å². The zero-order chi connectivity index (χ0) is 22.8. The Balaban J connectivity index is 1.55. The van der Waals surface area contributed by atoms with Gasteiger partial charge in [0.05, 0.1) is 24.5 Å². The number of hydrogen-bond donors (Lipinski definition) is 1. The van der Waals surface area contributed by atoms with Crippen molar-refractivity contribution in [2.75, 3.05) is 12.4 Å². The molecule has 0 atom stereocenters. The average molecular weight is 468 g/mol. The van der Waals surface area contributed by atoms with Crippen molar-refractivity contribution in [3.63, 3.8) is 0 Å². The van der Waals surface area contributed by atoms with Crippen LogP contribution in [0.25, 0.3) is 21.3 Å².